The molecule has 0 saturated heterocycles. The van der Waals surface area contributed by atoms with E-state index in [1.807, 2.05) is 0 Å². The fourth-order valence-electron chi connectivity index (χ4n) is 4.34. The van der Waals surface area contributed by atoms with E-state index in [0.29, 0.717) is 16.7 Å². The van der Waals surface area contributed by atoms with E-state index in [1.54, 1.807) is 37.3 Å². The fourth-order valence-corrected chi connectivity index (χ4v) is 5.17. The van der Waals surface area contributed by atoms with Crippen molar-refractivity contribution >= 4 is 21.4 Å². The van der Waals surface area contributed by atoms with Crippen molar-refractivity contribution in [2.24, 2.45) is 0 Å². The lowest BCUT2D eigenvalue weighted by atomic mass is 9.98. The van der Waals surface area contributed by atoms with Crippen molar-refractivity contribution in [1.82, 2.24) is 14.5 Å². The molecule has 12 heteroatoms. The predicted octanol–water partition coefficient (Wildman–Crippen LogP) is 7.69. The van der Waals surface area contributed by atoms with Gasteiger partial charge in [-0.25, -0.2) is 22.8 Å². The highest BCUT2D eigenvalue weighted by Crippen LogP contribution is 2.40. The fraction of sp³-hybridized carbons (Fsp3) is 0.143. The Hall–Kier alpha value is -3.96. The van der Waals surface area contributed by atoms with Gasteiger partial charge in [-0.2, -0.15) is 13.2 Å². The Morgan fingerprint density at radius 1 is 0.925 bits per heavy atom. The van der Waals surface area contributed by atoms with Crippen LogP contribution in [-0.4, -0.2) is 29.2 Å². The Kier molecular flexibility index (Phi) is 6.83. The summed E-state index contributed by atoms with van der Waals surface area (Å²) in [7, 11) is -3.51. The second kappa shape index (κ2) is 9.90. The molecule has 5 rings (SSSR count). The van der Waals surface area contributed by atoms with Crippen LogP contribution in [-0.2, 0) is 16.0 Å². The zero-order chi connectivity index (χ0) is 29.0. The monoisotopic (exact) mass is 589 g/mol. The normalized spacial score (nSPS) is 12.2. The highest BCUT2D eigenvalue weighted by molar-refractivity contribution is 7.90. The molecule has 0 unspecified atom stereocenters. The van der Waals surface area contributed by atoms with Crippen LogP contribution >= 0.6 is 11.6 Å². The molecule has 0 bridgehead atoms. The van der Waals surface area contributed by atoms with Gasteiger partial charge >= 0.3 is 6.18 Å². The average Bonchev–Trinajstić information content (AvgIpc) is 3.46. The molecule has 0 aliphatic heterocycles. The summed E-state index contributed by atoms with van der Waals surface area (Å²) in [4.78, 5) is 8.23. The number of alkyl halides is 3. The minimum atomic E-state index is -4.68. The van der Waals surface area contributed by atoms with E-state index >= 15 is 0 Å². The molecule has 0 saturated carbocycles. The van der Waals surface area contributed by atoms with Crippen LogP contribution in [0.3, 0.4) is 0 Å². The van der Waals surface area contributed by atoms with Crippen molar-refractivity contribution in [2.75, 3.05) is 6.26 Å². The number of hydrogen-bond donors (Lipinski definition) is 0. The van der Waals surface area contributed by atoms with E-state index in [9.17, 15) is 26.0 Å². The van der Waals surface area contributed by atoms with Crippen molar-refractivity contribution in [3.63, 3.8) is 0 Å². The number of imidazole rings is 1. The molecule has 3 aromatic carbocycles. The standard InChI is InChI=1S/C28H20ClF4N3O3S/c1-15-34-25(28(31,32)33)14-36(15)24-10-7-18(17-5-4-6-20(11-17)40(3,37)38)12-22(24)26-27(39-16(2)35-26)21-9-8-19(29)13-23(21)30/h4-14H,1-3H3. The first-order valence-corrected chi connectivity index (χ1v) is 14.0. The Balaban J connectivity index is 1.79. The van der Waals surface area contributed by atoms with Crippen LogP contribution in [0, 0.1) is 19.7 Å². The van der Waals surface area contributed by atoms with Crippen molar-refractivity contribution in [3.05, 3.63) is 95.1 Å². The Morgan fingerprint density at radius 3 is 2.30 bits per heavy atom. The van der Waals surface area contributed by atoms with Crippen molar-refractivity contribution in [2.45, 2.75) is 24.9 Å². The van der Waals surface area contributed by atoms with Crippen LogP contribution in [0.2, 0.25) is 5.02 Å². The largest absolute Gasteiger partial charge is 0.440 e. The van der Waals surface area contributed by atoms with E-state index in [0.717, 1.165) is 18.5 Å². The third kappa shape index (κ3) is 5.26. The van der Waals surface area contributed by atoms with Gasteiger partial charge in [-0.3, -0.25) is 0 Å². The smallest absolute Gasteiger partial charge is 0.434 e. The molecule has 6 nitrogen and oxygen atoms in total. The molecule has 0 aliphatic rings. The van der Waals surface area contributed by atoms with Gasteiger partial charge in [-0.05, 0) is 60.5 Å². The molecule has 40 heavy (non-hydrogen) atoms. The van der Waals surface area contributed by atoms with Gasteiger partial charge in [0, 0.05) is 30.0 Å². The summed E-state index contributed by atoms with van der Waals surface area (Å²) in [6.45, 7) is 2.99. The third-order valence-corrected chi connectivity index (χ3v) is 7.53. The average molecular weight is 590 g/mol. The summed E-state index contributed by atoms with van der Waals surface area (Å²) >= 11 is 5.93. The second-order valence-electron chi connectivity index (χ2n) is 9.11. The maximum absolute atomic E-state index is 15.0. The maximum Gasteiger partial charge on any atom is 0.434 e. The first kappa shape index (κ1) is 27.6. The van der Waals surface area contributed by atoms with E-state index in [4.69, 9.17) is 16.0 Å². The second-order valence-corrected chi connectivity index (χ2v) is 11.6. The van der Waals surface area contributed by atoms with E-state index < -0.39 is 27.5 Å². The molecular formula is C28H20ClF4N3O3S. The molecule has 206 valence electrons. The van der Waals surface area contributed by atoms with E-state index in [1.165, 1.54) is 35.8 Å². The molecule has 0 aliphatic carbocycles. The van der Waals surface area contributed by atoms with Gasteiger partial charge in [-0.1, -0.05) is 29.8 Å². The molecule has 0 amide bonds. The zero-order valence-electron chi connectivity index (χ0n) is 21.2. The molecule has 2 heterocycles. The number of hydrogen-bond acceptors (Lipinski definition) is 5. The van der Waals surface area contributed by atoms with E-state index in [-0.39, 0.29) is 44.3 Å². The van der Waals surface area contributed by atoms with Crippen LogP contribution in [0.15, 0.2) is 76.2 Å². The van der Waals surface area contributed by atoms with Gasteiger partial charge < -0.3 is 8.98 Å². The Bertz CT molecular complexity index is 1880. The number of aromatic nitrogens is 3. The highest BCUT2D eigenvalue weighted by atomic mass is 35.5. The van der Waals surface area contributed by atoms with Crippen LogP contribution in [0.5, 0.6) is 0 Å². The number of sulfone groups is 1. The predicted molar refractivity (Wildman–Crippen MR) is 142 cm³/mol. The highest BCUT2D eigenvalue weighted by Gasteiger charge is 2.35. The summed E-state index contributed by atoms with van der Waals surface area (Å²) in [6, 6.07) is 15.1. The van der Waals surface area contributed by atoms with Gasteiger partial charge in [0.05, 0.1) is 16.1 Å². The Labute approximate surface area is 231 Å². The van der Waals surface area contributed by atoms with Crippen LogP contribution in [0.1, 0.15) is 17.4 Å². The molecule has 5 aromatic rings. The minimum absolute atomic E-state index is 0.0452. The lowest BCUT2D eigenvalue weighted by Gasteiger charge is -2.14. The van der Waals surface area contributed by atoms with Crippen molar-refractivity contribution < 1.29 is 30.4 Å². The SMILES string of the molecule is Cc1nc(-c2cc(-c3cccc(S(C)(=O)=O)c3)ccc2-n2cc(C(F)(F)F)nc2C)c(-c2ccc(Cl)cc2F)o1. The molecule has 0 fully saturated rings. The van der Waals surface area contributed by atoms with E-state index in [2.05, 4.69) is 9.97 Å². The molecular weight excluding hydrogens is 570 g/mol. The number of oxazole rings is 1. The van der Waals surface area contributed by atoms with Crippen LogP contribution in [0.4, 0.5) is 17.6 Å². The van der Waals surface area contributed by atoms with Gasteiger partial charge in [0.2, 0.25) is 0 Å². The summed E-state index contributed by atoms with van der Waals surface area (Å²) in [5, 5.41) is 0.168. The lowest BCUT2D eigenvalue weighted by molar-refractivity contribution is -0.141. The zero-order valence-corrected chi connectivity index (χ0v) is 22.8. The topological polar surface area (TPSA) is 78.0 Å². The summed E-state index contributed by atoms with van der Waals surface area (Å²) in [5.41, 5.74) is 0.784. The first-order valence-electron chi connectivity index (χ1n) is 11.7. The molecule has 0 spiro atoms. The van der Waals surface area contributed by atoms with Gasteiger partial charge in [0.1, 0.15) is 17.3 Å². The molecule has 0 radical (unpaired) electrons. The maximum atomic E-state index is 15.0. The molecule has 2 aromatic heterocycles. The summed E-state index contributed by atoms with van der Waals surface area (Å²) in [5.74, 6) is -0.390. The third-order valence-electron chi connectivity index (χ3n) is 6.19. The van der Waals surface area contributed by atoms with Gasteiger partial charge in [0.25, 0.3) is 0 Å². The lowest BCUT2D eigenvalue weighted by Crippen LogP contribution is -2.05. The summed E-state index contributed by atoms with van der Waals surface area (Å²) in [6.07, 6.45) is -2.72. The molecule has 0 N–H and O–H groups in total. The van der Waals surface area contributed by atoms with Crippen LogP contribution < -0.4 is 0 Å². The first-order chi connectivity index (χ1) is 18.7. The van der Waals surface area contributed by atoms with Crippen molar-refractivity contribution in [3.8, 4) is 39.4 Å². The van der Waals surface area contributed by atoms with Crippen LogP contribution in [0.25, 0.3) is 39.4 Å². The Morgan fingerprint density at radius 2 is 1.65 bits per heavy atom. The van der Waals surface area contributed by atoms with Gasteiger partial charge in [-0.15, -0.1) is 0 Å². The molecule has 0 atom stereocenters. The summed E-state index contributed by atoms with van der Waals surface area (Å²) < 4.78 is 86.9. The number of aryl methyl sites for hydroxylation is 2. The quantitative estimate of drug-likeness (QED) is 0.196. The number of nitrogens with zero attached hydrogens (tertiary/aromatic N) is 3. The number of halogens is 5. The van der Waals surface area contributed by atoms with Gasteiger partial charge in [0.15, 0.2) is 27.2 Å². The number of rotatable bonds is 5. The minimum Gasteiger partial charge on any atom is -0.440 e. The number of benzene rings is 3. The van der Waals surface area contributed by atoms with Crippen molar-refractivity contribution in [1.29, 1.82) is 0 Å².